The van der Waals surface area contributed by atoms with Crippen LogP contribution in [-0.4, -0.2) is 6.61 Å². The van der Waals surface area contributed by atoms with Gasteiger partial charge >= 0.3 is 0 Å². The Labute approximate surface area is 133 Å². The monoisotopic (exact) mass is 295 g/mol. The van der Waals surface area contributed by atoms with Gasteiger partial charge in [0.15, 0.2) is 0 Å². The molecule has 0 saturated heterocycles. The summed E-state index contributed by atoms with van der Waals surface area (Å²) in [4.78, 5) is 0. The zero-order valence-electron chi connectivity index (χ0n) is 13.7. The van der Waals surface area contributed by atoms with Crippen molar-refractivity contribution in [2.75, 3.05) is 6.61 Å². The van der Waals surface area contributed by atoms with Gasteiger partial charge in [0.2, 0.25) is 0 Å². The van der Waals surface area contributed by atoms with Crippen LogP contribution in [0.1, 0.15) is 42.1 Å². The molecule has 0 bridgehead atoms. The number of para-hydroxylation sites is 1. The molecule has 0 aliphatic carbocycles. The van der Waals surface area contributed by atoms with Crippen molar-refractivity contribution in [3.05, 3.63) is 70.8 Å². The Morgan fingerprint density at radius 1 is 1.18 bits per heavy atom. The smallest absolute Gasteiger partial charge is 0.122 e. The number of nitrogens with two attached hydrogens (primary N) is 1. The molecule has 0 fully saturated rings. The molecule has 2 nitrogen and oxygen atoms in total. The quantitative estimate of drug-likeness (QED) is 0.840. The van der Waals surface area contributed by atoms with Crippen molar-refractivity contribution in [1.82, 2.24) is 0 Å². The van der Waals surface area contributed by atoms with Gasteiger partial charge in [-0.05, 0) is 54.7 Å². The molecule has 0 aliphatic heterocycles. The van der Waals surface area contributed by atoms with E-state index in [2.05, 4.69) is 37.3 Å². The molecule has 0 saturated carbocycles. The molecule has 0 radical (unpaired) electrons. The molecular weight excluding hydrogens is 270 g/mol. The molecule has 2 heteroatoms. The number of allylic oxidation sites excluding steroid dienone is 1. The van der Waals surface area contributed by atoms with E-state index < -0.39 is 0 Å². The molecule has 1 unspecified atom stereocenters. The van der Waals surface area contributed by atoms with Crippen molar-refractivity contribution in [3.8, 4) is 5.75 Å². The summed E-state index contributed by atoms with van der Waals surface area (Å²) in [6.45, 7) is 6.73. The summed E-state index contributed by atoms with van der Waals surface area (Å²) in [5, 5.41) is 0. The number of rotatable bonds is 6. The molecule has 2 aromatic carbocycles. The summed E-state index contributed by atoms with van der Waals surface area (Å²) in [6.07, 6.45) is 5.22. The summed E-state index contributed by atoms with van der Waals surface area (Å²) in [6, 6.07) is 14.3. The van der Waals surface area contributed by atoms with Gasteiger partial charge in [0.1, 0.15) is 12.4 Å². The molecule has 0 aromatic heterocycles. The Hall–Kier alpha value is -2.06. The van der Waals surface area contributed by atoms with Crippen LogP contribution in [0.15, 0.2) is 48.5 Å². The molecule has 0 aliphatic rings. The second-order valence-corrected chi connectivity index (χ2v) is 5.49. The Kier molecular flexibility index (Phi) is 5.79. The number of aryl methyl sites for hydroxylation is 2. The highest BCUT2D eigenvalue weighted by molar-refractivity contribution is 5.55. The van der Waals surface area contributed by atoms with Crippen molar-refractivity contribution < 1.29 is 4.74 Å². The zero-order chi connectivity index (χ0) is 15.9. The lowest BCUT2D eigenvalue weighted by Gasteiger charge is -2.16. The lowest BCUT2D eigenvalue weighted by molar-refractivity contribution is 0.289. The van der Waals surface area contributed by atoms with Gasteiger partial charge in [-0.2, -0.15) is 0 Å². The number of hydrogen-bond acceptors (Lipinski definition) is 2. The Bertz CT molecular complexity index is 646. The van der Waals surface area contributed by atoms with Crippen LogP contribution in [0, 0.1) is 6.92 Å². The summed E-state index contributed by atoms with van der Waals surface area (Å²) in [5.41, 5.74) is 11.1. The fourth-order valence-corrected chi connectivity index (χ4v) is 2.49. The fourth-order valence-electron chi connectivity index (χ4n) is 2.49. The van der Waals surface area contributed by atoms with Crippen molar-refractivity contribution >= 4 is 6.08 Å². The molecule has 2 rings (SSSR count). The highest BCUT2D eigenvalue weighted by Gasteiger charge is 2.10. The maximum absolute atomic E-state index is 6.30. The van der Waals surface area contributed by atoms with Gasteiger partial charge in [0.25, 0.3) is 0 Å². The van der Waals surface area contributed by atoms with Crippen molar-refractivity contribution in [2.24, 2.45) is 5.73 Å². The van der Waals surface area contributed by atoms with Crippen LogP contribution >= 0.6 is 0 Å². The first-order valence-electron chi connectivity index (χ1n) is 7.85. The van der Waals surface area contributed by atoms with Gasteiger partial charge < -0.3 is 10.5 Å². The van der Waals surface area contributed by atoms with Crippen molar-refractivity contribution in [3.63, 3.8) is 0 Å². The Morgan fingerprint density at radius 3 is 2.64 bits per heavy atom. The van der Waals surface area contributed by atoms with Crippen LogP contribution in [0.25, 0.3) is 6.08 Å². The second-order valence-electron chi connectivity index (χ2n) is 5.49. The molecule has 2 aromatic rings. The van der Waals surface area contributed by atoms with E-state index in [1.165, 1.54) is 11.1 Å². The minimum atomic E-state index is -0.130. The van der Waals surface area contributed by atoms with Crippen LogP contribution in [0.2, 0.25) is 0 Å². The van der Waals surface area contributed by atoms with Gasteiger partial charge in [-0.3, -0.25) is 0 Å². The fraction of sp³-hybridized carbons (Fsp3) is 0.300. The summed E-state index contributed by atoms with van der Waals surface area (Å²) in [7, 11) is 0. The van der Waals surface area contributed by atoms with Crippen LogP contribution in [0.4, 0.5) is 0 Å². The van der Waals surface area contributed by atoms with Gasteiger partial charge in [-0.25, -0.2) is 0 Å². The minimum Gasteiger partial charge on any atom is -0.491 e. The average molecular weight is 295 g/mol. The normalized spacial score (nSPS) is 12.5. The highest BCUT2D eigenvalue weighted by Crippen LogP contribution is 2.21. The van der Waals surface area contributed by atoms with Crippen LogP contribution < -0.4 is 10.5 Å². The van der Waals surface area contributed by atoms with E-state index in [0.29, 0.717) is 6.61 Å². The third-order valence-corrected chi connectivity index (χ3v) is 3.84. The minimum absolute atomic E-state index is 0.130. The molecule has 2 N–H and O–H groups in total. The summed E-state index contributed by atoms with van der Waals surface area (Å²) >= 11 is 0. The van der Waals surface area contributed by atoms with E-state index in [1.54, 1.807) is 0 Å². The topological polar surface area (TPSA) is 35.2 Å². The van der Waals surface area contributed by atoms with E-state index in [0.717, 1.165) is 23.3 Å². The largest absolute Gasteiger partial charge is 0.491 e. The van der Waals surface area contributed by atoms with Gasteiger partial charge in [-0.1, -0.05) is 49.4 Å². The number of ether oxygens (including phenoxy) is 1. The van der Waals surface area contributed by atoms with Crippen molar-refractivity contribution in [1.29, 1.82) is 0 Å². The van der Waals surface area contributed by atoms with Gasteiger partial charge in [-0.15, -0.1) is 0 Å². The molecule has 0 spiro atoms. The first-order chi connectivity index (χ1) is 10.7. The second kappa shape index (κ2) is 7.81. The van der Waals surface area contributed by atoms with Gasteiger partial charge in [0.05, 0.1) is 6.04 Å². The van der Waals surface area contributed by atoms with E-state index in [4.69, 9.17) is 10.5 Å². The molecule has 1 atom stereocenters. The van der Waals surface area contributed by atoms with Crippen LogP contribution in [-0.2, 0) is 6.42 Å². The first kappa shape index (κ1) is 16.3. The molecular formula is C20H25NO. The SMILES string of the molecule is C/C=C\c1cc(C(N)COc2ccccc2C)ccc1CC. The van der Waals surface area contributed by atoms with Gasteiger partial charge in [0, 0.05) is 0 Å². The maximum atomic E-state index is 6.30. The van der Waals surface area contributed by atoms with E-state index in [-0.39, 0.29) is 6.04 Å². The number of hydrogen-bond donors (Lipinski definition) is 1. The van der Waals surface area contributed by atoms with Crippen LogP contribution in [0.3, 0.4) is 0 Å². The number of benzene rings is 2. The first-order valence-corrected chi connectivity index (χ1v) is 7.85. The van der Waals surface area contributed by atoms with Crippen LogP contribution in [0.5, 0.6) is 5.75 Å². The highest BCUT2D eigenvalue weighted by atomic mass is 16.5. The third-order valence-electron chi connectivity index (χ3n) is 3.84. The summed E-state index contributed by atoms with van der Waals surface area (Å²) < 4.78 is 5.87. The molecule has 0 heterocycles. The Balaban J connectivity index is 2.11. The van der Waals surface area contributed by atoms with E-state index >= 15 is 0 Å². The molecule has 22 heavy (non-hydrogen) atoms. The predicted molar refractivity (Wildman–Crippen MR) is 94.1 cm³/mol. The van der Waals surface area contributed by atoms with E-state index in [9.17, 15) is 0 Å². The Morgan fingerprint density at radius 2 is 1.95 bits per heavy atom. The lowest BCUT2D eigenvalue weighted by Crippen LogP contribution is -2.19. The summed E-state index contributed by atoms with van der Waals surface area (Å²) in [5.74, 6) is 0.900. The average Bonchev–Trinajstić information content (AvgIpc) is 2.54. The molecule has 116 valence electrons. The lowest BCUT2D eigenvalue weighted by atomic mass is 9.98. The molecule has 0 amide bonds. The van der Waals surface area contributed by atoms with Crippen molar-refractivity contribution in [2.45, 2.75) is 33.2 Å². The maximum Gasteiger partial charge on any atom is 0.122 e. The standard InChI is InChI=1S/C20H25NO/c1-4-8-17-13-18(12-11-16(17)5-2)19(21)14-22-20-10-7-6-9-15(20)3/h4,6-13,19H,5,14,21H2,1-3H3/b8-4-. The zero-order valence-corrected chi connectivity index (χ0v) is 13.7. The predicted octanol–water partition coefficient (Wildman–Crippen LogP) is 4.67. The third kappa shape index (κ3) is 3.99. The van der Waals surface area contributed by atoms with E-state index in [1.807, 2.05) is 38.1 Å².